The molecule has 3 atom stereocenters. The van der Waals surface area contributed by atoms with Crippen molar-refractivity contribution >= 4 is 0 Å². The van der Waals surface area contributed by atoms with E-state index in [1.165, 1.54) is 0 Å². The number of methoxy groups -OCH3 is 3. The van der Waals surface area contributed by atoms with Gasteiger partial charge < -0.3 is 19.3 Å². The van der Waals surface area contributed by atoms with Crippen molar-refractivity contribution in [2.24, 2.45) is 5.92 Å². The number of hydrogen-bond donors (Lipinski definition) is 1. The first-order valence-corrected chi connectivity index (χ1v) is 6.10. The van der Waals surface area contributed by atoms with Crippen molar-refractivity contribution in [3.8, 4) is 17.2 Å². The van der Waals surface area contributed by atoms with E-state index in [1.807, 2.05) is 19.1 Å². The largest absolute Gasteiger partial charge is 0.496 e. The molecule has 2 rings (SSSR count). The third-order valence-electron chi connectivity index (χ3n) is 3.58. The van der Waals surface area contributed by atoms with Crippen LogP contribution in [0.25, 0.3) is 0 Å². The number of aliphatic hydroxyl groups excluding tert-OH is 1. The average molecular weight is 252 g/mol. The molecule has 4 nitrogen and oxygen atoms in total. The van der Waals surface area contributed by atoms with Crippen LogP contribution in [-0.2, 0) is 0 Å². The maximum absolute atomic E-state index is 9.65. The van der Waals surface area contributed by atoms with Crippen molar-refractivity contribution in [1.82, 2.24) is 0 Å². The van der Waals surface area contributed by atoms with Crippen LogP contribution in [0.2, 0.25) is 0 Å². The molecular formula is C14H20O4. The van der Waals surface area contributed by atoms with E-state index in [-0.39, 0.29) is 6.10 Å². The summed E-state index contributed by atoms with van der Waals surface area (Å²) in [6.07, 6.45) is 0.669. The second-order valence-electron chi connectivity index (χ2n) is 4.69. The SMILES string of the molecule is COc1cc(OC)c([C@@H]2C[C@@H]2[C@H](C)O)c(OC)c1. The highest BCUT2D eigenvalue weighted by molar-refractivity contribution is 5.54. The molecule has 1 fully saturated rings. The summed E-state index contributed by atoms with van der Waals surface area (Å²) >= 11 is 0. The zero-order valence-corrected chi connectivity index (χ0v) is 11.3. The molecule has 1 N–H and O–H groups in total. The first-order valence-electron chi connectivity index (χ1n) is 6.10. The van der Waals surface area contributed by atoms with E-state index in [9.17, 15) is 5.11 Å². The van der Waals surface area contributed by atoms with Crippen molar-refractivity contribution < 1.29 is 19.3 Å². The molecule has 0 amide bonds. The molecule has 1 aliphatic rings. The van der Waals surface area contributed by atoms with Gasteiger partial charge in [-0.25, -0.2) is 0 Å². The first-order chi connectivity index (χ1) is 8.62. The standard InChI is InChI=1S/C14H20O4/c1-8(15)10-7-11(10)14-12(17-3)5-9(16-2)6-13(14)18-4/h5-6,8,10-11,15H,7H2,1-4H3/t8-,10+,11+/m0/s1. The summed E-state index contributed by atoms with van der Waals surface area (Å²) < 4.78 is 16.1. The molecule has 1 aliphatic carbocycles. The molecule has 0 bridgehead atoms. The predicted octanol–water partition coefficient (Wildman–Crippen LogP) is 2.20. The second kappa shape index (κ2) is 5.06. The molecule has 0 heterocycles. The van der Waals surface area contributed by atoms with Crippen molar-refractivity contribution in [1.29, 1.82) is 0 Å². The van der Waals surface area contributed by atoms with Gasteiger partial charge in [-0.2, -0.15) is 0 Å². The highest BCUT2D eigenvalue weighted by atomic mass is 16.5. The Balaban J connectivity index is 2.39. The minimum atomic E-state index is -0.300. The van der Waals surface area contributed by atoms with Crippen LogP contribution in [0, 0.1) is 5.92 Å². The number of aliphatic hydroxyl groups is 1. The number of rotatable bonds is 5. The van der Waals surface area contributed by atoms with E-state index < -0.39 is 0 Å². The third kappa shape index (κ3) is 2.25. The zero-order chi connectivity index (χ0) is 13.3. The second-order valence-corrected chi connectivity index (χ2v) is 4.69. The van der Waals surface area contributed by atoms with Crippen LogP contribution in [0.1, 0.15) is 24.8 Å². The zero-order valence-electron chi connectivity index (χ0n) is 11.3. The maximum Gasteiger partial charge on any atom is 0.129 e. The summed E-state index contributed by atoms with van der Waals surface area (Å²) in [6.45, 7) is 1.83. The molecule has 100 valence electrons. The van der Waals surface area contributed by atoms with Gasteiger partial charge in [0.15, 0.2) is 0 Å². The Hall–Kier alpha value is -1.42. The summed E-state index contributed by atoms with van der Waals surface area (Å²) in [6, 6.07) is 3.71. The van der Waals surface area contributed by atoms with E-state index in [0.29, 0.717) is 17.6 Å². The molecule has 18 heavy (non-hydrogen) atoms. The van der Waals surface area contributed by atoms with Gasteiger partial charge in [0, 0.05) is 17.7 Å². The third-order valence-corrected chi connectivity index (χ3v) is 3.58. The fourth-order valence-electron chi connectivity index (χ4n) is 2.48. The van der Waals surface area contributed by atoms with Crippen molar-refractivity contribution in [2.75, 3.05) is 21.3 Å². The van der Waals surface area contributed by atoms with Crippen LogP contribution >= 0.6 is 0 Å². The van der Waals surface area contributed by atoms with E-state index >= 15 is 0 Å². The highest BCUT2D eigenvalue weighted by Gasteiger charge is 2.44. The van der Waals surface area contributed by atoms with Crippen LogP contribution in [0.15, 0.2) is 12.1 Å². The van der Waals surface area contributed by atoms with E-state index in [0.717, 1.165) is 23.5 Å². The molecule has 1 aromatic rings. The molecular weight excluding hydrogens is 232 g/mol. The van der Waals surface area contributed by atoms with Gasteiger partial charge in [0.05, 0.1) is 27.4 Å². The molecule has 0 unspecified atom stereocenters. The Labute approximate surface area is 107 Å². The van der Waals surface area contributed by atoms with Gasteiger partial charge in [-0.05, 0) is 25.2 Å². The topological polar surface area (TPSA) is 47.9 Å². The Morgan fingerprint density at radius 3 is 2.00 bits per heavy atom. The van der Waals surface area contributed by atoms with Gasteiger partial charge in [-0.3, -0.25) is 0 Å². The van der Waals surface area contributed by atoms with Crippen molar-refractivity contribution in [3.63, 3.8) is 0 Å². The molecule has 0 radical (unpaired) electrons. The van der Waals surface area contributed by atoms with Crippen molar-refractivity contribution in [3.05, 3.63) is 17.7 Å². The lowest BCUT2D eigenvalue weighted by atomic mass is 10.0. The van der Waals surface area contributed by atoms with Crippen LogP contribution in [0.4, 0.5) is 0 Å². The van der Waals surface area contributed by atoms with E-state index in [4.69, 9.17) is 14.2 Å². The highest BCUT2D eigenvalue weighted by Crippen LogP contribution is 2.55. The molecule has 0 aromatic heterocycles. The fourth-order valence-corrected chi connectivity index (χ4v) is 2.48. The van der Waals surface area contributed by atoms with Gasteiger partial charge in [-0.1, -0.05) is 0 Å². The normalized spacial score (nSPS) is 23.4. The molecule has 0 saturated heterocycles. The molecule has 0 spiro atoms. The Bertz CT molecular complexity index is 403. The summed E-state index contributed by atoms with van der Waals surface area (Å²) in [5.41, 5.74) is 1.03. The monoisotopic (exact) mass is 252 g/mol. The molecule has 4 heteroatoms. The lowest BCUT2D eigenvalue weighted by Gasteiger charge is -2.15. The first kappa shape index (κ1) is 13.0. The van der Waals surface area contributed by atoms with E-state index in [2.05, 4.69) is 0 Å². The minimum Gasteiger partial charge on any atom is -0.496 e. The summed E-state index contributed by atoms with van der Waals surface area (Å²) in [4.78, 5) is 0. The van der Waals surface area contributed by atoms with E-state index in [1.54, 1.807) is 21.3 Å². The van der Waals surface area contributed by atoms with Gasteiger partial charge in [-0.15, -0.1) is 0 Å². The summed E-state index contributed by atoms with van der Waals surface area (Å²) in [7, 11) is 4.89. The van der Waals surface area contributed by atoms with Crippen LogP contribution in [0.5, 0.6) is 17.2 Å². The van der Waals surface area contributed by atoms with Crippen molar-refractivity contribution in [2.45, 2.75) is 25.4 Å². The van der Waals surface area contributed by atoms with Crippen LogP contribution in [0.3, 0.4) is 0 Å². The Morgan fingerprint density at radius 1 is 1.11 bits per heavy atom. The quantitative estimate of drug-likeness (QED) is 0.872. The van der Waals surface area contributed by atoms with Gasteiger partial charge in [0.1, 0.15) is 17.2 Å². The average Bonchev–Trinajstić information content (AvgIpc) is 3.17. The predicted molar refractivity (Wildman–Crippen MR) is 68.6 cm³/mol. The maximum atomic E-state index is 9.65. The number of benzene rings is 1. The summed E-state index contributed by atoms with van der Waals surface area (Å²) in [5, 5.41) is 9.65. The van der Waals surface area contributed by atoms with Gasteiger partial charge in [0.2, 0.25) is 0 Å². The minimum absolute atomic E-state index is 0.293. The van der Waals surface area contributed by atoms with Gasteiger partial charge in [0.25, 0.3) is 0 Å². The Morgan fingerprint density at radius 2 is 1.67 bits per heavy atom. The molecule has 1 saturated carbocycles. The Kier molecular flexibility index (Phi) is 3.66. The number of ether oxygens (including phenoxy) is 3. The summed E-state index contributed by atoms with van der Waals surface area (Å²) in [5.74, 6) is 2.84. The van der Waals surface area contributed by atoms with Gasteiger partial charge >= 0.3 is 0 Å². The van der Waals surface area contributed by atoms with Crippen LogP contribution in [-0.4, -0.2) is 32.5 Å². The molecule has 1 aromatic carbocycles. The lowest BCUT2D eigenvalue weighted by molar-refractivity contribution is 0.168. The molecule has 0 aliphatic heterocycles. The number of hydrogen-bond acceptors (Lipinski definition) is 4. The van der Waals surface area contributed by atoms with Crippen LogP contribution < -0.4 is 14.2 Å². The smallest absolute Gasteiger partial charge is 0.129 e. The lowest BCUT2D eigenvalue weighted by Crippen LogP contribution is -2.05. The fraction of sp³-hybridized carbons (Fsp3) is 0.571.